The lowest BCUT2D eigenvalue weighted by Gasteiger charge is -1.95. The second-order valence-corrected chi connectivity index (χ2v) is 5.09. The normalized spacial score (nSPS) is 11.9. The molecule has 0 aliphatic heterocycles. The highest BCUT2D eigenvalue weighted by Crippen LogP contribution is 2.03. The van der Waals surface area contributed by atoms with Crippen molar-refractivity contribution in [1.29, 1.82) is 0 Å². The number of carbonyl (C=O) groups excluding carboxylic acids is 1. The lowest BCUT2D eigenvalue weighted by atomic mass is 10.2. The molecule has 1 N–H and O–H groups in total. The average Bonchev–Trinajstić information content (AvgIpc) is 2.50. The zero-order valence-electron chi connectivity index (χ0n) is 13.3. The standard InChI is InChI=1S/C18H30O3/c1-2-3-4-5-6-7-8-9-10-11-12-13-14-15-16-17-18(19)21-20/h6-7,9-10,12-13,20H,2-5,8,11,14-17H2,1H3/b7-6-,10-9-,13-12-. The summed E-state index contributed by atoms with van der Waals surface area (Å²) in [6.07, 6.45) is 23.2. The van der Waals surface area contributed by atoms with E-state index in [0.717, 1.165) is 32.1 Å². The molecule has 3 heteroatoms. The predicted molar refractivity (Wildman–Crippen MR) is 88.0 cm³/mol. The highest BCUT2D eigenvalue weighted by Gasteiger charge is 1.99. The van der Waals surface area contributed by atoms with E-state index < -0.39 is 5.97 Å². The van der Waals surface area contributed by atoms with Crippen LogP contribution in [0.1, 0.15) is 71.1 Å². The molecule has 0 aliphatic rings. The van der Waals surface area contributed by atoms with Crippen LogP contribution in [0.2, 0.25) is 0 Å². The fraction of sp³-hybridized carbons (Fsp3) is 0.611. The number of hydrogen-bond donors (Lipinski definition) is 1. The van der Waals surface area contributed by atoms with Crippen LogP contribution in [0, 0.1) is 0 Å². The molecule has 0 saturated heterocycles. The van der Waals surface area contributed by atoms with E-state index in [1.54, 1.807) is 0 Å². The van der Waals surface area contributed by atoms with Gasteiger partial charge in [0.05, 0.1) is 0 Å². The zero-order chi connectivity index (χ0) is 15.6. The average molecular weight is 294 g/mol. The fourth-order valence-electron chi connectivity index (χ4n) is 1.87. The van der Waals surface area contributed by atoms with Crippen molar-refractivity contribution >= 4 is 5.97 Å². The van der Waals surface area contributed by atoms with Crippen LogP contribution in [-0.2, 0) is 9.68 Å². The topological polar surface area (TPSA) is 46.5 Å². The van der Waals surface area contributed by atoms with Crippen molar-refractivity contribution in [2.75, 3.05) is 0 Å². The van der Waals surface area contributed by atoms with Crippen molar-refractivity contribution in [3.8, 4) is 0 Å². The Labute approximate surface area is 129 Å². The number of unbranched alkanes of at least 4 members (excludes halogenated alkanes) is 5. The van der Waals surface area contributed by atoms with E-state index in [1.165, 1.54) is 25.7 Å². The summed E-state index contributed by atoms with van der Waals surface area (Å²) in [6, 6.07) is 0. The number of carbonyl (C=O) groups is 1. The Morgan fingerprint density at radius 2 is 1.38 bits per heavy atom. The largest absolute Gasteiger partial charge is 0.342 e. The molecule has 3 nitrogen and oxygen atoms in total. The zero-order valence-corrected chi connectivity index (χ0v) is 13.3. The predicted octanol–water partition coefficient (Wildman–Crippen LogP) is 5.59. The first-order valence-corrected chi connectivity index (χ1v) is 8.10. The maximum Gasteiger partial charge on any atom is 0.342 e. The third kappa shape index (κ3) is 16.6. The third-order valence-electron chi connectivity index (χ3n) is 3.12. The molecular weight excluding hydrogens is 264 g/mol. The first-order chi connectivity index (χ1) is 10.3. The summed E-state index contributed by atoms with van der Waals surface area (Å²) < 4.78 is 0. The van der Waals surface area contributed by atoms with Gasteiger partial charge in [0.15, 0.2) is 0 Å². The van der Waals surface area contributed by atoms with Crippen molar-refractivity contribution in [3.63, 3.8) is 0 Å². The van der Waals surface area contributed by atoms with Gasteiger partial charge in [0.2, 0.25) is 0 Å². The lowest BCUT2D eigenvalue weighted by Crippen LogP contribution is -1.99. The molecular formula is C18H30O3. The molecule has 0 heterocycles. The lowest BCUT2D eigenvalue weighted by molar-refractivity contribution is -0.234. The van der Waals surface area contributed by atoms with Crippen LogP contribution in [0.3, 0.4) is 0 Å². The molecule has 0 aliphatic carbocycles. The van der Waals surface area contributed by atoms with E-state index in [1.807, 2.05) is 0 Å². The molecule has 21 heavy (non-hydrogen) atoms. The van der Waals surface area contributed by atoms with Crippen molar-refractivity contribution in [1.82, 2.24) is 0 Å². The van der Waals surface area contributed by atoms with Gasteiger partial charge in [0, 0.05) is 6.42 Å². The molecule has 0 aromatic carbocycles. The van der Waals surface area contributed by atoms with Crippen molar-refractivity contribution in [3.05, 3.63) is 36.5 Å². The van der Waals surface area contributed by atoms with E-state index >= 15 is 0 Å². The molecule has 0 atom stereocenters. The van der Waals surface area contributed by atoms with Gasteiger partial charge < -0.3 is 4.89 Å². The monoisotopic (exact) mass is 294 g/mol. The summed E-state index contributed by atoms with van der Waals surface area (Å²) in [4.78, 5) is 14.2. The molecule has 0 unspecified atom stereocenters. The maximum absolute atomic E-state index is 10.6. The molecule has 0 aromatic heterocycles. The Hall–Kier alpha value is -1.35. The second-order valence-electron chi connectivity index (χ2n) is 5.09. The van der Waals surface area contributed by atoms with Gasteiger partial charge in [0.1, 0.15) is 0 Å². The van der Waals surface area contributed by atoms with Gasteiger partial charge in [0.25, 0.3) is 0 Å². The van der Waals surface area contributed by atoms with Crippen molar-refractivity contribution in [2.24, 2.45) is 0 Å². The highest BCUT2D eigenvalue weighted by atomic mass is 17.1. The van der Waals surface area contributed by atoms with Crippen LogP contribution < -0.4 is 0 Å². The number of allylic oxidation sites excluding steroid dienone is 6. The Morgan fingerprint density at radius 1 is 0.857 bits per heavy atom. The molecule has 0 bridgehead atoms. The quantitative estimate of drug-likeness (QED) is 0.208. The van der Waals surface area contributed by atoms with Gasteiger partial charge in [-0.3, -0.25) is 0 Å². The molecule has 0 amide bonds. The van der Waals surface area contributed by atoms with E-state index in [2.05, 4.69) is 48.3 Å². The fourth-order valence-corrected chi connectivity index (χ4v) is 1.87. The summed E-state index contributed by atoms with van der Waals surface area (Å²) in [5.41, 5.74) is 0. The van der Waals surface area contributed by atoms with E-state index in [9.17, 15) is 4.79 Å². The molecule has 0 rings (SSSR count). The molecule has 0 radical (unpaired) electrons. The van der Waals surface area contributed by atoms with Crippen LogP contribution >= 0.6 is 0 Å². The molecule has 0 fully saturated rings. The van der Waals surface area contributed by atoms with Crippen LogP contribution in [0.5, 0.6) is 0 Å². The van der Waals surface area contributed by atoms with Crippen LogP contribution in [-0.4, -0.2) is 11.2 Å². The summed E-state index contributed by atoms with van der Waals surface area (Å²) in [6.45, 7) is 2.23. The Kier molecular flexibility index (Phi) is 15.6. The van der Waals surface area contributed by atoms with Gasteiger partial charge in [-0.15, -0.1) is 0 Å². The minimum Gasteiger partial charge on any atom is -0.301 e. The van der Waals surface area contributed by atoms with Gasteiger partial charge in [-0.05, 0) is 44.9 Å². The highest BCUT2D eigenvalue weighted by molar-refractivity contribution is 5.68. The molecule has 0 aromatic rings. The van der Waals surface area contributed by atoms with E-state index in [4.69, 9.17) is 5.26 Å². The van der Waals surface area contributed by atoms with Gasteiger partial charge >= 0.3 is 5.97 Å². The Morgan fingerprint density at radius 3 is 1.90 bits per heavy atom. The first kappa shape index (κ1) is 19.7. The number of hydrogen-bond acceptors (Lipinski definition) is 3. The summed E-state index contributed by atoms with van der Waals surface area (Å²) in [5, 5.41) is 8.07. The van der Waals surface area contributed by atoms with Gasteiger partial charge in [-0.25, -0.2) is 4.79 Å². The van der Waals surface area contributed by atoms with E-state index in [-0.39, 0.29) is 6.42 Å². The Bertz CT molecular complexity index is 316. The van der Waals surface area contributed by atoms with Crippen LogP contribution in [0.25, 0.3) is 0 Å². The molecule has 0 spiro atoms. The third-order valence-corrected chi connectivity index (χ3v) is 3.12. The minimum atomic E-state index is -0.551. The SMILES string of the molecule is CCCCC/C=C\C/C=C\C/C=C\CCCCC(=O)OO. The van der Waals surface area contributed by atoms with Crippen molar-refractivity contribution in [2.45, 2.75) is 71.1 Å². The smallest absolute Gasteiger partial charge is 0.301 e. The minimum absolute atomic E-state index is 0.287. The maximum atomic E-state index is 10.6. The van der Waals surface area contributed by atoms with Gasteiger partial charge in [-0.2, -0.15) is 5.26 Å². The summed E-state index contributed by atoms with van der Waals surface area (Å²) >= 11 is 0. The first-order valence-electron chi connectivity index (χ1n) is 8.10. The molecule has 120 valence electrons. The Balaban J connectivity index is 3.34. The number of rotatable bonds is 13. The van der Waals surface area contributed by atoms with Crippen LogP contribution in [0.15, 0.2) is 36.5 Å². The summed E-state index contributed by atoms with van der Waals surface area (Å²) in [7, 11) is 0. The van der Waals surface area contributed by atoms with Crippen LogP contribution in [0.4, 0.5) is 0 Å². The van der Waals surface area contributed by atoms with Gasteiger partial charge in [-0.1, -0.05) is 56.2 Å². The van der Waals surface area contributed by atoms with Crippen molar-refractivity contribution < 1.29 is 14.9 Å². The summed E-state index contributed by atoms with van der Waals surface area (Å²) in [5.74, 6) is -0.551. The molecule has 0 saturated carbocycles. The second kappa shape index (κ2) is 16.7. The van der Waals surface area contributed by atoms with E-state index in [0.29, 0.717) is 0 Å².